The Hall–Kier alpha value is -3.49. The number of nitrogens with zero attached hydrogens (tertiary/aromatic N) is 2. The molecule has 0 spiro atoms. The van der Waals surface area contributed by atoms with Gasteiger partial charge in [-0.15, -0.1) is 0 Å². The predicted molar refractivity (Wildman–Crippen MR) is 124 cm³/mol. The highest BCUT2D eigenvalue weighted by Crippen LogP contribution is 2.29. The van der Waals surface area contributed by atoms with E-state index in [-0.39, 0.29) is 17.0 Å². The molecule has 0 aliphatic heterocycles. The number of benzene rings is 3. The first kappa shape index (κ1) is 21.7. The Kier molecular flexibility index (Phi) is 5.82. The van der Waals surface area contributed by atoms with Gasteiger partial charge in [0.05, 0.1) is 23.1 Å². The highest BCUT2D eigenvalue weighted by molar-refractivity contribution is 7.89. The Morgan fingerprint density at radius 2 is 1.69 bits per heavy atom. The molecule has 0 aliphatic rings. The minimum absolute atomic E-state index is 0.0386. The maximum absolute atomic E-state index is 12.7. The lowest BCUT2D eigenvalue weighted by Gasteiger charge is -2.14. The number of hydrogen-bond donors (Lipinski definition) is 1. The molecule has 0 saturated carbocycles. The third-order valence-electron chi connectivity index (χ3n) is 5.29. The maximum atomic E-state index is 12.7. The van der Waals surface area contributed by atoms with Gasteiger partial charge in [0.1, 0.15) is 5.75 Å². The predicted octanol–water partition coefficient (Wildman–Crippen LogP) is 3.40. The van der Waals surface area contributed by atoms with E-state index < -0.39 is 10.0 Å². The smallest absolute Gasteiger partial charge is 0.274 e. The van der Waals surface area contributed by atoms with Crippen LogP contribution in [0.3, 0.4) is 0 Å². The number of hydrogen-bond acceptors (Lipinski definition) is 5. The molecule has 0 amide bonds. The summed E-state index contributed by atoms with van der Waals surface area (Å²) in [6.45, 7) is 1.94. The van der Waals surface area contributed by atoms with Gasteiger partial charge >= 0.3 is 0 Å². The monoisotopic (exact) mass is 449 g/mol. The van der Waals surface area contributed by atoms with E-state index in [1.807, 2.05) is 37.3 Å². The molecule has 0 aliphatic carbocycles. The molecule has 1 heterocycles. The number of fused-ring (bicyclic) bond motifs is 1. The van der Waals surface area contributed by atoms with Crippen molar-refractivity contribution in [1.82, 2.24) is 14.5 Å². The number of rotatable bonds is 6. The van der Waals surface area contributed by atoms with Crippen LogP contribution in [0.15, 0.2) is 76.4 Å². The van der Waals surface area contributed by atoms with Crippen LogP contribution in [0.1, 0.15) is 11.1 Å². The Labute approximate surface area is 186 Å². The zero-order valence-electron chi connectivity index (χ0n) is 18.0. The van der Waals surface area contributed by atoms with Crippen molar-refractivity contribution in [3.63, 3.8) is 0 Å². The zero-order chi connectivity index (χ0) is 22.9. The van der Waals surface area contributed by atoms with E-state index in [4.69, 9.17) is 4.74 Å². The molecule has 8 heteroatoms. The van der Waals surface area contributed by atoms with Crippen LogP contribution in [0, 0.1) is 6.92 Å². The van der Waals surface area contributed by atoms with Gasteiger partial charge < -0.3 is 4.74 Å². The highest BCUT2D eigenvalue weighted by atomic mass is 32.2. The van der Waals surface area contributed by atoms with Crippen LogP contribution in [0.2, 0.25) is 0 Å². The van der Waals surface area contributed by atoms with Crippen molar-refractivity contribution in [2.24, 2.45) is 7.05 Å². The lowest BCUT2D eigenvalue weighted by atomic mass is 10.0. The molecule has 0 bridgehead atoms. The summed E-state index contributed by atoms with van der Waals surface area (Å²) < 4.78 is 34.8. The van der Waals surface area contributed by atoms with Crippen LogP contribution in [0.5, 0.6) is 5.75 Å². The SMILES string of the molecule is COc1ccc(-c2nn(C)c(=O)c3ccccc23)cc1CNS(=O)(=O)c1ccc(C)cc1. The standard InChI is InChI=1S/C24H23N3O4S/c1-16-8-11-19(12-9-16)32(29,30)25-15-18-14-17(10-13-22(18)31-3)23-20-6-4-5-7-21(20)24(28)27(2)26-23/h4-14,25H,15H2,1-3H3. The second-order valence-corrected chi connectivity index (χ2v) is 9.25. The van der Waals surface area contributed by atoms with E-state index in [1.165, 1.54) is 11.8 Å². The summed E-state index contributed by atoms with van der Waals surface area (Å²) in [7, 11) is -0.547. The van der Waals surface area contributed by atoms with Crippen molar-refractivity contribution in [3.05, 3.63) is 88.2 Å². The number of aryl methyl sites for hydroxylation is 2. The van der Waals surface area contributed by atoms with Crippen LogP contribution in [-0.4, -0.2) is 25.3 Å². The van der Waals surface area contributed by atoms with E-state index >= 15 is 0 Å². The lowest BCUT2D eigenvalue weighted by Crippen LogP contribution is -2.23. The van der Waals surface area contributed by atoms with Gasteiger partial charge in [-0.1, -0.05) is 35.9 Å². The zero-order valence-corrected chi connectivity index (χ0v) is 18.8. The average molecular weight is 450 g/mol. The number of aromatic nitrogens is 2. The first-order valence-electron chi connectivity index (χ1n) is 10.00. The maximum Gasteiger partial charge on any atom is 0.274 e. The Balaban J connectivity index is 1.73. The minimum Gasteiger partial charge on any atom is -0.496 e. The summed E-state index contributed by atoms with van der Waals surface area (Å²) in [6, 6.07) is 19.4. The molecule has 0 atom stereocenters. The van der Waals surface area contributed by atoms with E-state index in [9.17, 15) is 13.2 Å². The molecule has 1 N–H and O–H groups in total. The van der Waals surface area contributed by atoms with Gasteiger partial charge in [-0.25, -0.2) is 17.8 Å². The molecule has 7 nitrogen and oxygen atoms in total. The first-order valence-corrected chi connectivity index (χ1v) is 11.5. The van der Waals surface area contributed by atoms with Gasteiger partial charge in [0.25, 0.3) is 5.56 Å². The summed E-state index contributed by atoms with van der Waals surface area (Å²) in [5.74, 6) is 0.550. The summed E-state index contributed by atoms with van der Waals surface area (Å²) in [5.41, 5.74) is 2.84. The average Bonchev–Trinajstić information content (AvgIpc) is 2.80. The molecule has 32 heavy (non-hydrogen) atoms. The molecule has 4 aromatic rings. The second kappa shape index (κ2) is 8.57. The van der Waals surface area contributed by atoms with Crippen LogP contribution in [-0.2, 0) is 23.6 Å². The van der Waals surface area contributed by atoms with E-state index in [1.54, 1.807) is 43.4 Å². The van der Waals surface area contributed by atoms with Gasteiger partial charge in [-0.05, 0) is 43.3 Å². The quantitative estimate of drug-likeness (QED) is 0.487. The molecule has 0 unspecified atom stereocenters. The second-order valence-electron chi connectivity index (χ2n) is 7.49. The molecule has 3 aromatic carbocycles. The highest BCUT2D eigenvalue weighted by Gasteiger charge is 2.17. The fourth-order valence-electron chi connectivity index (χ4n) is 3.55. The van der Waals surface area contributed by atoms with E-state index in [0.29, 0.717) is 22.4 Å². The topological polar surface area (TPSA) is 90.3 Å². The molecule has 164 valence electrons. The van der Waals surface area contributed by atoms with Crippen molar-refractivity contribution < 1.29 is 13.2 Å². The molecule has 0 saturated heterocycles. The van der Waals surface area contributed by atoms with Gasteiger partial charge in [0, 0.05) is 30.1 Å². The van der Waals surface area contributed by atoms with Crippen LogP contribution in [0.4, 0.5) is 0 Å². The Morgan fingerprint density at radius 3 is 2.38 bits per heavy atom. The summed E-state index contributed by atoms with van der Waals surface area (Å²) >= 11 is 0. The van der Waals surface area contributed by atoms with Crippen molar-refractivity contribution >= 4 is 20.8 Å². The van der Waals surface area contributed by atoms with Crippen molar-refractivity contribution in [3.8, 4) is 17.0 Å². The van der Waals surface area contributed by atoms with Gasteiger partial charge in [0.2, 0.25) is 10.0 Å². The molecular formula is C24H23N3O4S. The fraction of sp³-hybridized carbons (Fsp3) is 0.167. The third-order valence-corrected chi connectivity index (χ3v) is 6.71. The first-order chi connectivity index (χ1) is 15.3. The fourth-order valence-corrected chi connectivity index (χ4v) is 4.56. The van der Waals surface area contributed by atoms with Gasteiger partial charge in [-0.2, -0.15) is 5.10 Å². The number of methoxy groups -OCH3 is 1. The largest absolute Gasteiger partial charge is 0.496 e. The number of sulfonamides is 1. The normalized spacial score (nSPS) is 11.6. The summed E-state index contributed by atoms with van der Waals surface area (Å²) in [6.07, 6.45) is 0. The van der Waals surface area contributed by atoms with E-state index in [2.05, 4.69) is 9.82 Å². The van der Waals surface area contributed by atoms with Gasteiger partial charge in [-0.3, -0.25) is 4.79 Å². The van der Waals surface area contributed by atoms with Crippen LogP contribution < -0.4 is 15.0 Å². The number of nitrogens with one attached hydrogen (secondary N) is 1. The summed E-state index contributed by atoms with van der Waals surface area (Å²) in [4.78, 5) is 12.6. The van der Waals surface area contributed by atoms with Crippen LogP contribution in [0.25, 0.3) is 22.0 Å². The van der Waals surface area contributed by atoms with Crippen LogP contribution >= 0.6 is 0 Å². The minimum atomic E-state index is -3.69. The summed E-state index contributed by atoms with van der Waals surface area (Å²) in [5, 5.41) is 5.75. The molecule has 4 rings (SSSR count). The Bertz CT molecular complexity index is 1460. The number of ether oxygens (including phenoxy) is 1. The molecule has 0 radical (unpaired) electrons. The van der Waals surface area contributed by atoms with E-state index in [0.717, 1.165) is 16.5 Å². The van der Waals surface area contributed by atoms with Gasteiger partial charge in [0.15, 0.2) is 0 Å². The lowest BCUT2D eigenvalue weighted by molar-refractivity contribution is 0.409. The molecular weight excluding hydrogens is 426 g/mol. The molecule has 0 fully saturated rings. The van der Waals surface area contributed by atoms with Crippen molar-refractivity contribution in [2.75, 3.05) is 7.11 Å². The molecule has 1 aromatic heterocycles. The van der Waals surface area contributed by atoms with Crippen molar-refractivity contribution in [1.29, 1.82) is 0 Å². The Morgan fingerprint density at radius 1 is 1.00 bits per heavy atom. The third kappa shape index (κ3) is 4.15. The van der Waals surface area contributed by atoms with Crippen molar-refractivity contribution in [2.45, 2.75) is 18.4 Å².